The van der Waals surface area contributed by atoms with Crippen LogP contribution >= 0.6 is 23.2 Å². The van der Waals surface area contributed by atoms with Crippen LogP contribution in [-0.4, -0.2) is 63.3 Å². The Balaban J connectivity index is 1.34. The minimum Gasteiger partial charge on any atom is -0.444 e. The molecular weight excluding hydrogens is 533 g/mol. The van der Waals surface area contributed by atoms with Crippen LogP contribution in [0.2, 0.25) is 10.0 Å². The fourth-order valence-corrected chi connectivity index (χ4v) is 5.88. The lowest BCUT2D eigenvalue weighted by Gasteiger charge is -2.33. The van der Waals surface area contributed by atoms with E-state index in [0.717, 1.165) is 62.2 Å². The summed E-state index contributed by atoms with van der Waals surface area (Å²) < 4.78 is 7.86. The number of imidazole rings is 1. The molecule has 2 aromatic carbocycles. The number of nitrogens with zero attached hydrogens (tertiary/aromatic N) is 4. The van der Waals surface area contributed by atoms with E-state index >= 15 is 0 Å². The molecule has 1 aromatic heterocycles. The van der Waals surface area contributed by atoms with E-state index in [9.17, 15) is 4.79 Å². The quantitative estimate of drug-likeness (QED) is 0.382. The van der Waals surface area contributed by atoms with Gasteiger partial charge >= 0.3 is 6.09 Å². The summed E-state index contributed by atoms with van der Waals surface area (Å²) in [7, 11) is 0. The van der Waals surface area contributed by atoms with Crippen LogP contribution in [0.25, 0.3) is 11.0 Å². The summed E-state index contributed by atoms with van der Waals surface area (Å²) in [6.07, 6.45) is 3.53. The Labute approximate surface area is 241 Å². The van der Waals surface area contributed by atoms with Crippen molar-refractivity contribution in [2.45, 2.75) is 77.1 Å². The van der Waals surface area contributed by atoms with Crippen LogP contribution in [0.5, 0.6) is 0 Å². The van der Waals surface area contributed by atoms with Crippen molar-refractivity contribution < 1.29 is 9.53 Å². The van der Waals surface area contributed by atoms with Gasteiger partial charge in [-0.2, -0.15) is 0 Å². The van der Waals surface area contributed by atoms with E-state index in [-0.39, 0.29) is 12.0 Å². The SMILES string of the molecule is CC(C)(C)OC(=O)N1CCC(c2nc3cc(Cl)c(Cl)cc3n2Cc2ccc(CN3CCC(N)CC3)cc2)CC1. The highest BCUT2D eigenvalue weighted by atomic mass is 35.5. The zero-order chi connectivity index (χ0) is 27.7. The standard InChI is InChI=1S/C30H39Cl2N5O2/c1-30(2,3)39-29(38)36-14-8-22(9-15-36)28-34-26-16-24(31)25(32)17-27(26)37(28)19-21-6-4-20(5-7-21)18-35-12-10-23(33)11-13-35/h4-7,16-17,22-23H,8-15,18-19,33H2,1-3H3. The molecule has 2 N–H and O–H groups in total. The second-order valence-electron chi connectivity index (χ2n) is 12.0. The predicted octanol–water partition coefficient (Wildman–Crippen LogP) is 6.43. The molecule has 0 radical (unpaired) electrons. The van der Waals surface area contributed by atoms with Gasteiger partial charge in [0, 0.05) is 38.1 Å². The average molecular weight is 573 g/mol. The van der Waals surface area contributed by atoms with E-state index in [1.807, 2.05) is 32.9 Å². The Morgan fingerprint density at radius 2 is 1.54 bits per heavy atom. The number of halogens is 2. The van der Waals surface area contributed by atoms with Crippen LogP contribution in [0.4, 0.5) is 4.79 Å². The van der Waals surface area contributed by atoms with Crippen molar-refractivity contribution in [1.82, 2.24) is 19.4 Å². The van der Waals surface area contributed by atoms with Gasteiger partial charge in [-0.25, -0.2) is 9.78 Å². The van der Waals surface area contributed by atoms with Gasteiger partial charge in [0.15, 0.2) is 0 Å². The Bertz CT molecular complexity index is 1300. The summed E-state index contributed by atoms with van der Waals surface area (Å²) in [5.74, 6) is 1.24. The van der Waals surface area contributed by atoms with E-state index in [0.29, 0.717) is 35.7 Å². The molecule has 2 aliphatic heterocycles. The van der Waals surface area contributed by atoms with Crippen LogP contribution in [0.15, 0.2) is 36.4 Å². The molecule has 3 heterocycles. The summed E-state index contributed by atoms with van der Waals surface area (Å²) in [6, 6.07) is 13.0. The number of aromatic nitrogens is 2. The van der Waals surface area contributed by atoms with Crippen molar-refractivity contribution >= 4 is 40.3 Å². The Kier molecular flexibility index (Phi) is 8.43. The molecule has 0 spiro atoms. The number of carbonyl (C=O) groups is 1. The molecule has 1 amide bonds. The van der Waals surface area contributed by atoms with Gasteiger partial charge in [-0.05, 0) is 82.8 Å². The molecular formula is C30H39Cl2N5O2. The Morgan fingerprint density at radius 3 is 2.15 bits per heavy atom. The van der Waals surface area contributed by atoms with Crippen LogP contribution in [0, 0.1) is 0 Å². The molecule has 9 heteroatoms. The number of likely N-dealkylation sites (tertiary alicyclic amines) is 2. The molecule has 0 unspecified atom stereocenters. The molecule has 2 fully saturated rings. The number of hydrogen-bond acceptors (Lipinski definition) is 5. The maximum atomic E-state index is 12.6. The number of carbonyl (C=O) groups excluding carboxylic acids is 1. The number of nitrogens with two attached hydrogens (primary N) is 1. The molecule has 0 saturated carbocycles. The number of ether oxygens (including phenoxy) is 1. The number of fused-ring (bicyclic) bond motifs is 1. The van der Waals surface area contributed by atoms with Crippen molar-refractivity contribution in [2.24, 2.45) is 5.73 Å². The van der Waals surface area contributed by atoms with Crippen molar-refractivity contribution in [3.05, 3.63) is 63.4 Å². The first kappa shape index (κ1) is 28.2. The third-order valence-electron chi connectivity index (χ3n) is 7.73. The highest BCUT2D eigenvalue weighted by Crippen LogP contribution is 2.34. The third-order valence-corrected chi connectivity index (χ3v) is 8.46. The first-order chi connectivity index (χ1) is 18.6. The lowest BCUT2D eigenvalue weighted by molar-refractivity contribution is 0.0202. The van der Waals surface area contributed by atoms with Crippen LogP contribution in [0.1, 0.15) is 69.3 Å². The highest BCUT2D eigenvalue weighted by Gasteiger charge is 2.30. The number of hydrogen-bond donors (Lipinski definition) is 1. The first-order valence-corrected chi connectivity index (χ1v) is 14.7. The molecule has 210 valence electrons. The van der Waals surface area contributed by atoms with Crippen LogP contribution < -0.4 is 5.73 Å². The maximum absolute atomic E-state index is 12.6. The Morgan fingerprint density at radius 1 is 0.949 bits per heavy atom. The second-order valence-corrected chi connectivity index (χ2v) is 12.8. The van der Waals surface area contributed by atoms with E-state index in [1.54, 1.807) is 4.90 Å². The highest BCUT2D eigenvalue weighted by molar-refractivity contribution is 6.42. The van der Waals surface area contributed by atoms with Crippen LogP contribution in [-0.2, 0) is 17.8 Å². The van der Waals surface area contributed by atoms with Crippen molar-refractivity contribution in [2.75, 3.05) is 26.2 Å². The minimum absolute atomic E-state index is 0.221. The van der Waals surface area contributed by atoms with Gasteiger partial charge in [0.2, 0.25) is 0 Å². The summed E-state index contributed by atoms with van der Waals surface area (Å²) >= 11 is 12.8. The van der Waals surface area contributed by atoms with Crippen molar-refractivity contribution in [1.29, 1.82) is 0 Å². The smallest absolute Gasteiger partial charge is 0.410 e. The summed E-state index contributed by atoms with van der Waals surface area (Å²) in [5.41, 5.74) is 9.90. The molecule has 7 nitrogen and oxygen atoms in total. The molecule has 0 atom stereocenters. The summed E-state index contributed by atoms with van der Waals surface area (Å²) in [6.45, 7) is 10.7. The number of piperidine rings is 2. The van der Waals surface area contributed by atoms with Gasteiger partial charge in [-0.1, -0.05) is 47.5 Å². The summed E-state index contributed by atoms with van der Waals surface area (Å²) in [4.78, 5) is 21.9. The van der Waals surface area contributed by atoms with Gasteiger partial charge in [0.05, 0.1) is 21.1 Å². The number of amides is 1. The largest absolute Gasteiger partial charge is 0.444 e. The minimum atomic E-state index is -0.503. The van der Waals surface area contributed by atoms with Gasteiger partial charge < -0.3 is 19.9 Å². The summed E-state index contributed by atoms with van der Waals surface area (Å²) in [5, 5.41) is 1.02. The topological polar surface area (TPSA) is 76.6 Å². The van der Waals surface area contributed by atoms with E-state index in [4.69, 9.17) is 38.7 Å². The fourth-order valence-electron chi connectivity index (χ4n) is 5.57. The average Bonchev–Trinajstić information content (AvgIpc) is 3.22. The lowest BCUT2D eigenvalue weighted by Crippen LogP contribution is -2.41. The lowest BCUT2D eigenvalue weighted by atomic mass is 9.96. The molecule has 0 bridgehead atoms. The molecule has 5 rings (SSSR count). The molecule has 2 aliphatic rings. The molecule has 39 heavy (non-hydrogen) atoms. The second kappa shape index (κ2) is 11.7. The third kappa shape index (κ3) is 6.88. The van der Waals surface area contributed by atoms with E-state index in [2.05, 4.69) is 33.7 Å². The Hall–Kier alpha value is -2.32. The van der Waals surface area contributed by atoms with Gasteiger partial charge in [-0.15, -0.1) is 0 Å². The van der Waals surface area contributed by atoms with E-state index < -0.39 is 5.60 Å². The first-order valence-electron chi connectivity index (χ1n) is 13.9. The van der Waals surface area contributed by atoms with Crippen LogP contribution in [0.3, 0.4) is 0 Å². The van der Waals surface area contributed by atoms with Crippen molar-refractivity contribution in [3.63, 3.8) is 0 Å². The monoisotopic (exact) mass is 571 g/mol. The molecule has 2 saturated heterocycles. The van der Waals surface area contributed by atoms with Gasteiger partial charge in [0.1, 0.15) is 11.4 Å². The van der Waals surface area contributed by atoms with Gasteiger partial charge in [-0.3, -0.25) is 4.90 Å². The van der Waals surface area contributed by atoms with E-state index in [1.165, 1.54) is 11.1 Å². The normalized spacial score (nSPS) is 18.2. The molecule has 0 aliphatic carbocycles. The number of benzene rings is 2. The van der Waals surface area contributed by atoms with Gasteiger partial charge in [0.25, 0.3) is 0 Å². The fraction of sp³-hybridized carbons (Fsp3) is 0.533. The van der Waals surface area contributed by atoms with Crippen molar-refractivity contribution in [3.8, 4) is 0 Å². The number of rotatable bonds is 5. The molecule has 3 aromatic rings. The predicted molar refractivity (Wildman–Crippen MR) is 158 cm³/mol. The zero-order valence-corrected chi connectivity index (χ0v) is 24.6. The zero-order valence-electron chi connectivity index (χ0n) is 23.1. The maximum Gasteiger partial charge on any atom is 0.410 e.